The number of hydrogen-bond acceptors (Lipinski definition) is 4. The smallest absolute Gasteiger partial charge is 0.249 e. The summed E-state index contributed by atoms with van der Waals surface area (Å²) in [7, 11) is 1.76. The van der Waals surface area contributed by atoms with E-state index in [1.54, 1.807) is 11.9 Å². The third kappa shape index (κ3) is 2.91. The minimum Gasteiger partial charge on any atom is -0.388 e. The number of nitrogens with zero attached hydrogens (tertiary/aromatic N) is 1. The molecule has 2 saturated heterocycles. The van der Waals surface area contributed by atoms with E-state index < -0.39 is 5.60 Å². The number of carbonyl (C=O) groups is 1. The van der Waals surface area contributed by atoms with Crippen molar-refractivity contribution in [3.63, 3.8) is 0 Å². The molecule has 0 aromatic heterocycles. The molecule has 18 heavy (non-hydrogen) atoms. The Bertz CT molecular complexity index is 353. The largest absolute Gasteiger partial charge is 0.388 e. The number of carbonyl (C=O) groups excluding carboxylic acids is 1. The number of likely N-dealkylation sites (N-methyl/N-ethyl adjacent to an activating group) is 1. The zero-order chi connectivity index (χ0) is 13.2. The van der Waals surface area contributed by atoms with Crippen molar-refractivity contribution >= 4 is 5.91 Å². The van der Waals surface area contributed by atoms with Crippen LogP contribution in [0.25, 0.3) is 0 Å². The monoisotopic (exact) mass is 254 g/mol. The summed E-state index contributed by atoms with van der Waals surface area (Å²) in [5.41, 5.74) is 1.20. The first kappa shape index (κ1) is 13.5. The van der Waals surface area contributed by atoms with Crippen LogP contribution >= 0.6 is 0 Å². The van der Waals surface area contributed by atoms with Crippen LogP contribution in [0.2, 0.25) is 0 Å². The first-order valence-electron chi connectivity index (χ1n) is 6.47. The van der Waals surface area contributed by atoms with Crippen molar-refractivity contribution in [2.45, 2.75) is 25.4 Å². The average Bonchev–Trinajstić information content (AvgIpc) is 2.25. The van der Waals surface area contributed by atoms with Gasteiger partial charge in [0.2, 0.25) is 5.91 Å². The van der Waals surface area contributed by atoms with E-state index in [2.05, 4.69) is 5.32 Å². The van der Waals surface area contributed by atoms with Gasteiger partial charge in [0.05, 0.1) is 5.60 Å². The fourth-order valence-corrected chi connectivity index (χ4v) is 2.38. The van der Waals surface area contributed by atoms with Gasteiger partial charge in [-0.25, -0.2) is 0 Å². The van der Waals surface area contributed by atoms with Gasteiger partial charge in [0.15, 0.2) is 0 Å². The van der Waals surface area contributed by atoms with Gasteiger partial charge in [-0.1, -0.05) is 0 Å². The van der Waals surface area contributed by atoms with Gasteiger partial charge in [-0.3, -0.25) is 4.79 Å². The summed E-state index contributed by atoms with van der Waals surface area (Å²) in [5, 5.41) is 13.5. The highest BCUT2D eigenvalue weighted by Gasteiger charge is 2.33. The molecule has 0 saturated carbocycles. The minimum atomic E-state index is -0.786. The number of ether oxygens (including phenoxy) is 1. The van der Waals surface area contributed by atoms with Crippen molar-refractivity contribution in [1.82, 2.24) is 10.2 Å². The molecule has 0 aromatic rings. The summed E-state index contributed by atoms with van der Waals surface area (Å²) in [5.74, 6) is 0.0198. The van der Waals surface area contributed by atoms with Crippen molar-refractivity contribution in [1.29, 1.82) is 0 Å². The molecule has 0 unspecified atom stereocenters. The quantitative estimate of drug-likeness (QED) is 0.691. The predicted octanol–water partition coefficient (Wildman–Crippen LogP) is -0.0940. The molecule has 1 amide bonds. The lowest BCUT2D eigenvalue weighted by Gasteiger charge is -2.36. The average molecular weight is 254 g/mol. The highest BCUT2D eigenvalue weighted by Crippen LogP contribution is 2.22. The second kappa shape index (κ2) is 5.38. The minimum absolute atomic E-state index is 0.0198. The summed E-state index contributed by atoms with van der Waals surface area (Å²) in [6, 6.07) is 0. The summed E-state index contributed by atoms with van der Waals surface area (Å²) >= 11 is 0. The lowest BCUT2D eigenvalue weighted by Crippen LogP contribution is -2.48. The maximum Gasteiger partial charge on any atom is 0.249 e. The first-order chi connectivity index (χ1) is 8.52. The van der Waals surface area contributed by atoms with Crippen molar-refractivity contribution in [3.8, 4) is 0 Å². The lowest BCUT2D eigenvalue weighted by atomic mass is 9.93. The van der Waals surface area contributed by atoms with Gasteiger partial charge in [0, 0.05) is 58.3 Å². The van der Waals surface area contributed by atoms with E-state index in [9.17, 15) is 9.90 Å². The van der Waals surface area contributed by atoms with Crippen LogP contribution in [-0.4, -0.2) is 61.4 Å². The molecule has 0 spiro atoms. The fraction of sp³-hybridized carbons (Fsp3) is 0.769. The van der Waals surface area contributed by atoms with Crippen molar-refractivity contribution in [2.75, 3.05) is 39.9 Å². The van der Waals surface area contributed by atoms with E-state index in [1.807, 2.05) is 6.92 Å². The second-order valence-electron chi connectivity index (χ2n) is 5.33. The number of amides is 1. The van der Waals surface area contributed by atoms with Crippen LogP contribution in [0.15, 0.2) is 11.1 Å². The van der Waals surface area contributed by atoms with Crippen LogP contribution in [0.4, 0.5) is 0 Å². The van der Waals surface area contributed by atoms with E-state index in [0.717, 1.165) is 18.7 Å². The van der Waals surface area contributed by atoms with Gasteiger partial charge < -0.3 is 20.1 Å². The van der Waals surface area contributed by atoms with Crippen LogP contribution in [0, 0.1) is 0 Å². The molecular formula is C13H22N2O3. The second-order valence-corrected chi connectivity index (χ2v) is 5.33. The van der Waals surface area contributed by atoms with Crippen LogP contribution in [0.3, 0.4) is 0 Å². The van der Waals surface area contributed by atoms with Crippen LogP contribution in [0.1, 0.15) is 19.8 Å². The Hall–Kier alpha value is -0.910. The molecule has 2 aliphatic rings. The summed E-state index contributed by atoms with van der Waals surface area (Å²) in [6.07, 6.45) is 1.20. The van der Waals surface area contributed by atoms with Crippen LogP contribution in [0.5, 0.6) is 0 Å². The number of rotatable bonds is 3. The Morgan fingerprint density at radius 1 is 1.44 bits per heavy atom. The molecule has 2 rings (SSSR count). The van der Waals surface area contributed by atoms with Gasteiger partial charge in [0.25, 0.3) is 0 Å². The highest BCUT2D eigenvalue weighted by molar-refractivity contribution is 5.93. The molecule has 0 atom stereocenters. The molecule has 5 nitrogen and oxygen atoms in total. The molecule has 0 aliphatic carbocycles. The Labute approximate surface area is 108 Å². The Balaban J connectivity index is 1.94. The normalized spacial score (nSPS) is 22.3. The zero-order valence-electron chi connectivity index (χ0n) is 11.2. The predicted molar refractivity (Wildman–Crippen MR) is 68.2 cm³/mol. The summed E-state index contributed by atoms with van der Waals surface area (Å²) < 4.78 is 5.24. The Morgan fingerprint density at radius 2 is 2.06 bits per heavy atom. The van der Waals surface area contributed by atoms with Gasteiger partial charge in [-0.15, -0.1) is 0 Å². The molecule has 2 fully saturated rings. The van der Waals surface area contributed by atoms with E-state index in [0.29, 0.717) is 32.6 Å². The zero-order valence-corrected chi connectivity index (χ0v) is 11.2. The molecule has 0 aromatic carbocycles. The van der Waals surface area contributed by atoms with Gasteiger partial charge in [-0.05, 0) is 12.5 Å². The van der Waals surface area contributed by atoms with E-state index in [-0.39, 0.29) is 5.91 Å². The van der Waals surface area contributed by atoms with Crippen molar-refractivity contribution in [3.05, 3.63) is 11.1 Å². The summed E-state index contributed by atoms with van der Waals surface area (Å²) in [6.45, 7) is 5.01. The maximum absolute atomic E-state index is 12.2. The lowest BCUT2D eigenvalue weighted by molar-refractivity contribution is -0.132. The molecular weight excluding hydrogens is 232 g/mol. The molecule has 102 valence electrons. The first-order valence-corrected chi connectivity index (χ1v) is 6.47. The van der Waals surface area contributed by atoms with Crippen molar-refractivity contribution in [2.24, 2.45) is 0 Å². The van der Waals surface area contributed by atoms with Gasteiger partial charge in [-0.2, -0.15) is 0 Å². The number of hydrogen-bond donors (Lipinski definition) is 2. The maximum atomic E-state index is 12.2. The topological polar surface area (TPSA) is 61.8 Å². The number of nitrogens with one attached hydrogen (secondary N) is 1. The van der Waals surface area contributed by atoms with Gasteiger partial charge in [0.1, 0.15) is 0 Å². The SMILES string of the molecule is CC(C(=O)N(C)CC1(O)CCOCC1)=C1CNC1. The molecule has 2 aliphatic heterocycles. The molecule has 0 radical (unpaired) electrons. The molecule has 2 heterocycles. The van der Waals surface area contributed by atoms with Crippen LogP contribution in [-0.2, 0) is 9.53 Å². The third-order valence-electron chi connectivity index (χ3n) is 3.83. The van der Waals surface area contributed by atoms with E-state index in [4.69, 9.17) is 4.74 Å². The molecule has 0 bridgehead atoms. The standard InChI is InChI=1S/C13H22N2O3/c1-10(11-7-14-8-11)12(16)15(2)9-13(17)3-5-18-6-4-13/h14,17H,3-9H2,1-2H3. The highest BCUT2D eigenvalue weighted by atomic mass is 16.5. The van der Waals surface area contributed by atoms with Crippen molar-refractivity contribution < 1.29 is 14.6 Å². The Kier molecular flexibility index (Phi) is 4.04. The Morgan fingerprint density at radius 3 is 2.56 bits per heavy atom. The third-order valence-corrected chi connectivity index (χ3v) is 3.83. The molecule has 2 N–H and O–H groups in total. The fourth-order valence-electron chi connectivity index (χ4n) is 2.38. The van der Waals surface area contributed by atoms with E-state index >= 15 is 0 Å². The summed E-state index contributed by atoms with van der Waals surface area (Å²) in [4.78, 5) is 13.8. The van der Waals surface area contributed by atoms with Gasteiger partial charge >= 0.3 is 0 Å². The van der Waals surface area contributed by atoms with E-state index in [1.165, 1.54) is 5.57 Å². The van der Waals surface area contributed by atoms with Crippen LogP contribution < -0.4 is 5.32 Å². The number of aliphatic hydroxyl groups is 1. The molecule has 5 heteroatoms.